The van der Waals surface area contributed by atoms with Gasteiger partial charge in [-0.1, -0.05) is 32.0 Å². The van der Waals surface area contributed by atoms with Gasteiger partial charge in [0, 0.05) is 31.7 Å². The minimum Gasteiger partial charge on any atom is -0.396 e. The molecule has 0 bridgehead atoms. The normalized spacial score (nSPS) is 19.3. The summed E-state index contributed by atoms with van der Waals surface area (Å²) >= 11 is 1.86. The maximum Gasteiger partial charge on any atom is 0.0914 e. The molecule has 3 nitrogen and oxygen atoms in total. The van der Waals surface area contributed by atoms with Crippen LogP contribution in [0.5, 0.6) is 0 Å². The van der Waals surface area contributed by atoms with E-state index in [9.17, 15) is 10.2 Å². The Morgan fingerprint density at radius 3 is 2.50 bits per heavy atom. The Kier molecular flexibility index (Phi) is 6.86. The van der Waals surface area contributed by atoms with Gasteiger partial charge in [0.2, 0.25) is 0 Å². The molecule has 2 aromatic rings. The molecule has 1 saturated heterocycles. The van der Waals surface area contributed by atoms with E-state index >= 15 is 0 Å². The molecule has 4 heteroatoms. The van der Waals surface area contributed by atoms with Gasteiger partial charge >= 0.3 is 0 Å². The number of rotatable bonds is 7. The highest BCUT2D eigenvalue weighted by Crippen LogP contribution is 2.40. The van der Waals surface area contributed by atoms with Crippen LogP contribution >= 0.6 is 11.3 Å². The molecular formula is C26H37NO2S. The Hall–Kier alpha value is -1.36. The first kappa shape index (κ1) is 21.9. The van der Waals surface area contributed by atoms with Crippen LogP contribution in [0.3, 0.4) is 0 Å². The number of hydrogen-bond acceptors (Lipinski definition) is 4. The van der Waals surface area contributed by atoms with Gasteiger partial charge in [0.05, 0.1) is 5.00 Å². The first-order valence-corrected chi connectivity index (χ1v) is 12.6. The van der Waals surface area contributed by atoms with Crippen molar-refractivity contribution < 1.29 is 10.2 Å². The third kappa shape index (κ3) is 4.61. The van der Waals surface area contributed by atoms with E-state index in [0.717, 1.165) is 38.8 Å². The molecule has 0 amide bonds. The Morgan fingerprint density at radius 1 is 1.07 bits per heavy atom. The van der Waals surface area contributed by atoms with Gasteiger partial charge in [0.25, 0.3) is 0 Å². The lowest BCUT2D eigenvalue weighted by atomic mass is 9.72. The van der Waals surface area contributed by atoms with Gasteiger partial charge < -0.3 is 15.1 Å². The Bertz CT molecular complexity index is 829. The van der Waals surface area contributed by atoms with Crippen LogP contribution in [-0.4, -0.2) is 36.5 Å². The topological polar surface area (TPSA) is 43.7 Å². The van der Waals surface area contributed by atoms with Crippen molar-refractivity contribution in [2.75, 3.05) is 31.2 Å². The molecule has 2 heterocycles. The molecule has 1 aromatic carbocycles. The van der Waals surface area contributed by atoms with Gasteiger partial charge in [0.15, 0.2) is 0 Å². The number of benzene rings is 1. The fraction of sp³-hybridized carbons (Fsp3) is 0.615. The highest BCUT2D eigenvalue weighted by molar-refractivity contribution is 7.14. The summed E-state index contributed by atoms with van der Waals surface area (Å²) in [4.78, 5) is 2.53. The Morgan fingerprint density at radius 2 is 1.80 bits per heavy atom. The molecule has 164 valence electrons. The molecular weight excluding hydrogens is 390 g/mol. The number of hydrogen-bond donors (Lipinski definition) is 2. The van der Waals surface area contributed by atoms with Crippen LogP contribution in [0.2, 0.25) is 0 Å². The second kappa shape index (κ2) is 9.42. The van der Waals surface area contributed by atoms with Gasteiger partial charge in [-0.25, -0.2) is 0 Å². The van der Waals surface area contributed by atoms with Gasteiger partial charge in [-0.2, -0.15) is 0 Å². The lowest BCUT2D eigenvalue weighted by Gasteiger charge is -2.36. The summed E-state index contributed by atoms with van der Waals surface area (Å²) in [6, 6.07) is 9.50. The Balaban J connectivity index is 1.43. The molecule has 0 radical (unpaired) electrons. The largest absolute Gasteiger partial charge is 0.396 e. The molecule has 0 atom stereocenters. The van der Waals surface area contributed by atoms with E-state index in [1.165, 1.54) is 46.5 Å². The first-order chi connectivity index (χ1) is 14.5. The molecule has 1 aliphatic heterocycles. The van der Waals surface area contributed by atoms with E-state index < -0.39 is 0 Å². The standard InChI is InChI=1S/C26H37NO2S/c1-26(2)11-3-4-22-16-21(5-6-24(22)26)23-17-25(30-18-23)27-12-7-19(8-13-27)20(9-14-28)10-15-29/h5-6,16-20,28-29H,3-4,7-15H2,1-2H3. The van der Waals surface area contributed by atoms with Crippen LogP contribution in [0.15, 0.2) is 29.6 Å². The van der Waals surface area contributed by atoms with Crippen LogP contribution < -0.4 is 4.90 Å². The molecule has 0 spiro atoms. The number of anilines is 1. The summed E-state index contributed by atoms with van der Waals surface area (Å²) in [6.07, 6.45) is 7.75. The number of aryl methyl sites for hydroxylation is 1. The van der Waals surface area contributed by atoms with Gasteiger partial charge in [-0.3, -0.25) is 0 Å². The van der Waals surface area contributed by atoms with Crippen LogP contribution in [-0.2, 0) is 11.8 Å². The summed E-state index contributed by atoms with van der Waals surface area (Å²) in [7, 11) is 0. The van der Waals surface area contributed by atoms with E-state index in [-0.39, 0.29) is 13.2 Å². The number of fused-ring (bicyclic) bond motifs is 1. The fourth-order valence-electron chi connectivity index (χ4n) is 5.68. The maximum absolute atomic E-state index is 9.35. The second-order valence-electron chi connectivity index (χ2n) is 9.89. The molecule has 1 aromatic heterocycles. The van der Waals surface area contributed by atoms with Crippen molar-refractivity contribution in [1.29, 1.82) is 0 Å². The number of thiophene rings is 1. The molecule has 30 heavy (non-hydrogen) atoms. The van der Waals surface area contributed by atoms with Crippen molar-refractivity contribution in [2.24, 2.45) is 11.8 Å². The van der Waals surface area contributed by atoms with E-state index in [2.05, 4.69) is 48.4 Å². The minimum absolute atomic E-state index is 0.233. The Labute approximate surface area is 185 Å². The molecule has 2 aliphatic rings. The summed E-state index contributed by atoms with van der Waals surface area (Å²) in [5, 5.41) is 22.4. The zero-order chi connectivity index (χ0) is 21.1. The average molecular weight is 428 g/mol. The van der Waals surface area contributed by atoms with Crippen LogP contribution in [0.1, 0.15) is 63.5 Å². The zero-order valence-electron chi connectivity index (χ0n) is 18.6. The van der Waals surface area contributed by atoms with Crippen LogP contribution in [0, 0.1) is 11.8 Å². The predicted molar refractivity (Wildman–Crippen MR) is 128 cm³/mol. The SMILES string of the molecule is CC1(C)CCCc2cc(-c3csc(N4CCC(C(CCO)CCO)CC4)c3)ccc21. The van der Waals surface area contributed by atoms with E-state index in [1.807, 2.05) is 11.3 Å². The monoisotopic (exact) mass is 427 g/mol. The van der Waals surface area contributed by atoms with Gasteiger partial charge in [-0.05, 0) is 90.5 Å². The molecule has 1 fully saturated rings. The molecule has 1 aliphatic carbocycles. The third-order valence-electron chi connectivity index (χ3n) is 7.52. The summed E-state index contributed by atoms with van der Waals surface area (Å²) in [5.41, 5.74) is 6.09. The molecule has 2 N–H and O–H groups in total. The quantitative estimate of drug-likeness (QED) is 0.602. The summed E-state index contributed by atoms with van der Waals surface area (Å²) < 4.78 is 0. The number of nitrogens with zero attached hydrogens (tertiary/aromatic N) is 1. The van der Waals surface area contributed by atoms with E-state index in [0.29, 0.717) is 17.3 Å². The van der Waals surface area contributed by atoms with Crippen molar-refractivity contribution in [3.05, 3.63) is 40.8 Å². The van der Waals surface area contributed by atoms with Gasteiger partial charge in [0.1, 0.15) is 0 Å². The van der Waals surface area contributed by atoms with Crippen LogP contribution in [0.4, 0.5) is 5.00 Å². The van der Waals surface area contributed by atoms with Crippen molar-refractivity contribution in [3.8, 4) is 11.1 Å². The molecule has 0 unspecified atom stereocenters. The van der Waals surface area contributed by atoms with Crippen molar-refractivity contribution in [1.82, 2.24) is 0 Å². The number of aliphatic hydroxyl groups excluding tert-OH is 2. The van der Waals surface area contributed by atoms with Crippen molar-refractivity contribution in [2.45, 2.75) is 64.2 Å². The molecule has 0 saturated carbocycles. The van der Waals surface area contributed by atoms with Gasteiger partial charge in [-0.15, -0.1) is 11.3 Å². The highest BCUT2D eigenvalue weighted by Gasteiger charge is 2.28. The maximum atomic E-state index is 9.35. The lowest BCUT2D eigenvalue weighted by molar-refractivity contribution is 0.160. The van der Waals surface area contributed by atoms with Crippen LogP contribution in [0.25, 0.3) is 11.1 Å². The number of piperidine rings is 1. The predicted octanol–water partition coefficient (Wildman–Crippen LogP) is 5.63. The zero-order valence-corrected chi connectivity index (χ0v) is 19.4. The third-order valence-corrected chi connectivity index (χ3v) is 8.51. The van der Waals surface area contributed by atoms with E-state index in [1.54, 1.807) is 0 Å². The smallest absolute Gasteiger partial charge is 0.0914 e. The summed E-state index contributed by atoms with van der Waals surface area (Å²) in [6.45, 7) is 7.38. The van der Waals surface area contributed by atoms with E-state index in [4.69, 9.17) is 0 Å². The minimum atomic E-state index is 0.233. The number of aliphatic hydroxyl groups is 2. The fourth-order valence-corrected chi connectivity index (χ4v) is 6.66. The second-order valence-corrected chi connectivity index (χ2v) is 10.8. The lowest BCUT2D eigenvalue weighted by Crippen LogP contribution is -2.36. The highest BCUT2D eigenvalue weighted by atomic mass is 32.1. The molecule has 4 rings (SSSR count). The van der Waals surface area contributed by atoms with Crippen molar-refractivity contribution in [3.63, 3.8) is 0 Å². The first-order valence-electron chi connectivity index (χ1n) is 11.7. The summed E-state index contributed by atoms with van der Waals surface area (Å²) in [5.74, 6) is 1.09. The average Bonchev–Trinajstić information content (AvgIpc) is 3.24. The van der Waals surface area contributed by atoms with Crippen molar-refractivity contribution >= 4 is 16.3 Å².